The molecule has 39 valence electrons. The van der Waals surface area contributed by atoms with Crippen molar-refractivity contribution in [2.24, 2.45) is 0 Å². The van der Waals surface area contributed by atoms with Gasteiger partial charge in [0.15, 0.2) is 5.78 Å². The second-order valence-electron chi connectivity index (χ2n) is 1.38. The fourth-order valence-electron chi connectivity index (χ4n) is 0.330. The van der Waals surface area contributed by atoms with Crippen LogP contribution in [0.15, 0.2) is 6.08 Å². The van der Waals surface area contributed by atoms with Crippen LogP contribution in [0.4, 0.5) is 0 Å². The van der Waals surface area contributed by atoms with Crippen molar-refractivity contribution in [3.8, 4) is 0 Å². The molecule has 0 aliphatic heterocycles. The summed E-state index contributed by atoms with van der Waals surface area (Å²) in [7, 11) is 0. The Kier molecular flexibility index (Phi) is 3.29. The second-order valence-corrected chi connectivity index (χ2v) is 1.38. The molecule has 0 N–H and O–H groups in total. The van der Waals surface area contributed by atoms with E-state index in [9.17, 15) is 4.79 Å². The molecule has 0 aromatic rings. The van der Waals surface area contributed by atoms with Crippen LogP contribution in [0.2, 0.25) is 0 Å². The third-order valence-corrected chi connectivity index (χ3v) is 0.682. The molecule has 0 atom stereocenters. The maximum Gasteiger partial charge on any atom is 0.155 e. The van der Waals surface area contributed by atoms with E-state index >= 15 is 0 Å². The van der Waals surface area contributed by atoms with E-state index < -0.39 is 0 Å². The Labute approximate surface area is 44.0 Å². The van der Waals surface area contributed by atoms with Gasteiger partial charge in [-0.15, -0.1) is 0 Å². The molecule has 0 aromatic heterocycles. The lowest BCUT2D eigenvalue weighted by Gasteiger charge is -1.82. The first-order valence-corrected chi connectivity index (χ1v) is 2.39. The van der Waals surface area contributed by atoms with E-state index in [1.165, 1.54) is 0 Å². The minimum absolute atomic E-state index is 0.0301. The summed E-state index contributed by atoms with van der Waals surface area (Å²) in [6.07, 6.45) is 2.58. The van der Waals surface area contributed by atoms with Crippen LogP contribution in [0.5, 0.6) is 0 Å². The van der Waals surface area contributed by atoms with Crippen molar-refractivity contribution in [1.82, 2.24) is 0 Å². The minimum atomic E-state index is 0.0301. The third-order valence-electron chi connectivity index (χ3n) is 0.682. The number of rotatable bonds is 3. The van der Waals surface area contributed by atoms with E-state index in [1.807, 2.05) is 6.92 Å². The van der Waals surface area contributed by atoms with Gasteiger partial charge in [-0.3, -0.25) is 4.79 Å². The summed E-state index contributed by atoms with van der Waals surface area (Å²) in [5.41, 5.74) is 0. The molecule has 1 nitrogen and oxygen atoms in total. The van der Waals surface area contributed by atoms with Gasteiger partial charge in [0.25, 0.3) is 0 Å². The Bertz CT molecular complexity index is 74.2. The van der Waals surface area contributed by atoms with Crippen LogP contribution in [0.3, 0.4) is 0 Å². The van der Waals surface area contributed by atoms with E-state index in [2.05, 4.69) is 0 Å². The van der Waals surface area contributed by atoms with E-state index in [0.717, 1.165) is 12.5 Å². The minimum Gasteiger partial charge on any atom is -0.295 e. The van der Waals surface area contributed by atoms with Gasteiger partial charge in [-0.2, -0.15) is 0 Å². The highest BCUT2D eigenvalue weighted by Gasteiger charge is 1.87. The molecule has 0 aliphatic carbocycles. The Balaban J connectivity index is 3.17. The standard InChI is InChI=1S/C6H9O/c1-3-5-6(7)4-2/h2,4H,3,5H2,1H3. The number of ketones is 1. The highest BCUT2D eigenvalue weighted by Crippen LogP contribution is 1.87. The normalized spacial score (nSPS) is 8.14. The Morgan fingerprint density at radius 3 is 2.57 bits per heavy atom. The molecule has 0 unspecified atom stereocenters. The fourth-order valence-corrected chi connectivity index (χ4v) is 0.330. The third kappa shape index (κ3) is 3.23. The number of carbonyl (C=O) groups excluding carboxylic acids is 1. The molecule has 0 bridgehead atoms. The van der Waals surface area contributed by atoms with Crippen molar-refractivity contribution in [3.63, 3.8) is 0 Å². The molecule has 7 heavy (non-hydrogen) atoms. The van der Waals surface area contributed by atoms with Crippen LogP contribution in [0.25, 0.3) is 0 Å². The summed E-state index contributed by atoms with van der Waals surface area (Å²) in [6, 6.07) is 0. The molecule has 0 fully saturated rings. The van der Waals surface area contributed by atoms with Crippen molar-refractivity contribution < 1.29 is 4.79 Å². The summed E-state index contributed by atoms with van der Waals surface area (Å²) in [5.74, 6) is 0.0301. The topological polar surface area (TPSA) is 17.1 Å². The summed E-state index contributed by atoms with van der Waals surface area (Å²) < 4.78 is 0. The molecule has 0 saturated carbocycles. The largest absolute Gasteiger partial charge is 0.295 e. The van der Waals surface area contributed by atoms with Gasteiger partial charge in [-0.1, -0.05) is 13.5 Å². The van der Waals surface area contributed by atoms with Gasteiger partial charge in [-0.25, -0.2) is 0 Å². The Morgan fingerprint density at radius 2 is 2.43 bits per heavy atom. The van der Waals surface area contributed by atoms with Crippen molar-refractivity contribution in [1.29, 1.82) is 0 Å². The zero-order valence-electron chi connectivity index (χ0n) is 4.48. The predicted molar refractivity (Wildman–Crippen MR) is 28.8 cm³/mol. The monoisotopic (exact) mass is 97.1 g/mol. The predicted octanol–water partition coefficient (Wildman–Crippen LogP) is 1.34. The summed E-state index contributed by atoms with van der Waals surface area (Å²) in [6.45, 7) is 6.83. The molecule has 0 saturated heterocycles. The number of carbonyl (C=O) groups is 1. The zero-order valence-corrected chi connectivity index (χ0v) is 4.48. The van der Waals surface area contributed by atoms with Crippen LogP contribution < -0.4 is 0 Å². The average Bonchev–Trinajstić information content (AvgIpc) is 1.68. The highest BCUT2D eigenvalue weighted by atomic mass is 16.1. The molecule has 0 spiro atoms. The zero-order chi connectivity index (χ0) is 5.70. The van der Waals surface area contributed by atoms with E-state index in [0.29, 0.717) is 6.42 Å². The van der Waals surface area contributed by atoms with E-state index in [-0.39, 0.29) is 5.78 Å². The van der Waals surface area contributed by atoms with Crippen molar-refractivity contribution in [2.45, 2.75) is 19.8 Å². The molecule has 0 aromatic carbocycles. The van der Waals surface area contributed by atoms with Gasteiger partial charge in [0.2, 0.25) is 0 Å². The molecule has 1 heteroatoms. The number of allylic oxidation sites excluding steroid dienone is 1. The van der Waals surface area contributed by atoms with Gasteiger partial charge >= 0.3 is 0 Å². The van der Waals surface area contributed by atoms with Crippen molar-refractivity contribution >= 4 is 5.78 Å². The first-order chi connectivity index (χ1) is 3.31. The van der Waals surface area contributed by atoms with Gasteiger partial charge in [0.1, 0.15) is 0 Å². The van der Waals surface area contributed by atoms with Crippen LogP contribution in [-0.4, -0.2) is 5.78 Å². The first kappa shape index (κ1) is 6.41. The summed E-state index contributed by atoms with van der Waals surface area (Å²) >= 11 is 0. The van der Waals surface area contributed by atoms with Crippen LogP contribution in [0.1, 0.15) is 19.8 Å². The van der Waals surface area contributed by atoms with Crippen molar-refractivity contribution in [2.75, 3.05) is 0 Å². The maximum atomic E-state index is 10.2. The molecular weight excluding hydrogens is 88.1 g/mol. The fraction of sp³-hybridized carbons (Fsp3) is 0.500. The molecule has 1 radical (unpaired) electrons. The maximum absolute atomic E-state index is 10.2. The SMILES string of the molecule is [CH]=CC(=O)CCC. The lowest BCUT2D eigenvalue weighted by atomic mass is 10.2. The van der Waals surface area contributed by atoms with Gasteiger partial charge in [0.05, 0.1) is 0 Å². The van der Waals surface area contributed by atoms with Gasteiger partial charge < -0.3 is 0 Å². The number of hydrogen-bond donors (Lipinski definition) is 0. The van der Waals surface area contributed by atoms with Gasteiger partial charge in [0, 0.05) is 6.42 Å². The van der Waals surface area contributed by atoms with Gasteiger partial charge in [-0.05, 0) is 12.5 Å². The molecule has 0 rings (SSSR count). The van der Waals surface area contributed by atoms with E-state index in [1.54, 1.807) is 0 Å². The highest BCUT2D eigenvalue weighted by molar-refractivity contribution is 5.88. The van der Waals surface area contributed by atoms with Crippen LogP contribution in [-0.2, 0) is 4.79 Å². The Morgan fingerprint density at radius 1 is 1.86 bits per heavy atom. The number of hydrogen-bond acceptors (Lipinski definition) is 1. The molecule has 0 heterocycles. The molecular formula is C6H9O. The van der Waals surface area contributed by atoms with Crippen LogP contribution >= 0.6 is 0 Å². The lowest BCUT2D eigenvalue weighted by molar-refractivity contribution is -0.114. The van der Waals surface area contributed by atoms with E-state index in [4.69, 9.17) is 6.58 Å². The summed E-state index contributed by atoms with van der Waals surface area (Å²) in [5, 5.41) is 0. The molecule has 0 aliphatic rings. The summed E-state index contributed by atoms with van der Waals surface area (Å²) in [4.78, 5) is 10.2. The second kappa shape index (κ2) is 3.59. The molecule has 0 amide bonds. The van der Waals surface area contributed by atoms with Crippen molar-refractivity contribution in [3.05, 3.63) is 12.7 Å². The smallest absolute Gasteiger partial charge is 0.155 e. The lowest BCUT2D eigenvalue weighted by Crippen LogP contribution is -1.87. The Hall–Kier alpha value is -0.590. The van der Waals surface area contributed by atoms with Crippen LogP contribution in [0, 0.1) is 6.58 Å². The first-order valence-electron chi connectivity index (χ1n) is 2.39. The quantitative estimate of drug-likeness (QED) is 0.486. The average molecular weight is 97.1 g/mol.